The summed E-state index contributed by atoms with van der Waals surface area (Å²) in [7, 11) is 1.93. The van der Waals surface area contributed by atoms with Gasteiger partial charge in [-0.15, -0.1) is 6.58 Å². The zero-order valence-corrected chi connectivity index (χ0v) is 21.7. The molecule has 1 aliphatic carbocycles. The lowest BCUT2D eigenvalue weighted by molar-refractivity contribution is -0.147. The normalized spacial score (nSPS) is 26.2. The van der Waals surface area contributed by atoms with Crippen LogP contribution in [0.15, 0.2) is 67.3 Å². The number of amides is 1. The molecule has 2 fully saturated rings. The van der Waals surface area contributed by atoms with E-state index >= 15 is 0 Å². The minimum absolute atomic E-state index is 0.0791. The molecule has 2 N–H and O–H groups in total. The highest BCUT2D eigenvalue weighted by Gasteiger charge is 2.58. The molecule has 2 aliphatic rings. The third kappa shape index (κ3) is 5.68. The van der Waals surface area contributed by atoms with Gasteiger partial charge in [0.15, 0.2) is 0 Å². The maximum Gasteiger partial charge on any atom is 0.222 e. The Kier molecular flexibility index (Phi) is 8.53. The molecule has 3 unspecified atom stereocenters. The Hall–Kier alpha value is -2.63. The summed E-state index contributed by atoms with van der Waals surface area (Å²) < 4.78 is 0. The van der Waals surface area contributed by atoms with Crippen molar-refractivity contribution in [2.45, 2.75) is 74.8 Å². The van der Waals surface area contributed by atoms with Crippen LogP contribution in [0.5, 0.6) is 5.75 Å². The Morgan fingerprint density at radius 1 is 1.14 bits per heavy atom. The first-order valence-corrected chi connectivity index (χ1v) is 13.5. The van der Waals surface area contributed by atoms with Crippen LogP contribution in [0.3, 0.4) is 0 Å². The summed E-state index contributed by atoms with van der Waals surface area (Å²) in [6, 6.07) is 18.0. The van der Waals surface area contributed by atoms with E-state index < -0.39 is 11.0 Å². The highest BCUT2D eigenvalue weighted by atomic mass is 16.3. The standard InChI is InChI=1S/C31H42N2O3/c1-3-20-33-21-19-30(26-14-10-15-28(34)22-26)23-27(17-18-31(30,36)24-33)32(2)29(35)16-9-5-8-13-25-11-6-4-7-12-25/h3-4,6-7,10-12,14-15,22,27,34,36H,1,5,8-9,13,16-21,23-24H2,2H3. The van der Waals surface area contributed by atoms with Gasteiger partial charge in [-0.1, -0.05) is 55.0 Å². The van der Waals surface area contributed by atoms with E-state index in [-0.39, 0.29) is 17.7 Å². The molecule has 2 aromatic carbocycles. The monoisotopic (exact) mass is 490 g/mol. The second-order valence-electron chi connectivity index (χ2n) is 10.9. The Balaban J connectivity index is 1.41. The third-order valence-corrected chi connectivity index (χ3v) is 8.63. The van der Waals surface area contributed by atoms with Gasteiger partial charge in [0, 0.05) is 38.0 Å². The van der Waals surface area contributed by atoms with Gasteiger partial charge in [-0.3, -0.25) is 9.69 Å². The number of rotatable bonds is 10. The number of likely N-dealkylation sites (tertiary alicyclic amines) is 1. The van der Waals surface area contributed by atoms with Crippen molar-refractivity contribution in [3.8, 4) is 5.75 Å². The van der Waals surface area contributed by atoms with Crippen LogP contribution in [0.2, 0.25) is 0 Å². The summed E-state index contributed by atoms with van der Waals surface area (Å²) in [4.78, 5) is 17.4. The molecule has 0 radical (unpaired) electrons. The van der Waals surface area contributed by atoms with E-state index in [0.717, 1.165) is 57.2 Å². The summed E-state index contributed by atoms with van der Waals surface area (Å²) >= 11 is 0. The maximum absolute atomic E-state index is 13.2. The minimum Gasteiger partial charge on any atom is -0.508 e. The fourth-order valence-corrected chi connectivity index (χ4v) is 6.51. The van der Waals surface area contributed by atoms with Crippen molar-refractivity contribution in [2.24, 2.45) is 0 Å². The second-order valence-corrected chi connectivity index (χ2v) is 10.9. The molecule has 194 valence electrons. The molecule has 3 atom stereocenters. The molecule has 1 amide bonds. The summed E-state index contributed by atoms with van der Waals surface area (Å²) in [5, 5.41) is 22.3. The van der Waals surface area contributed by atoms with E-state index in [1.807, 2.05) is 42.3 Å². The number of unbranched alkanes of at least 4 members (excludes halogenated alkanes) is 2. The lowest BCUT2D eigenvalue weighted by Gasteiger charge is -2.59. The molecule has 5 nitrogen and oxygen atoms in total. The number of hydrogen-bond acceptors (Lipinski definition) is 4. The molecule has 0 bridgehead atoms. The molecule has 36 heavy (non-hydrogen) atoms. The number of aromatic hydroxyl groups is 1. The first kappa shape index (κ1) is 26.4. The molecular formula is C31H42N2O3. The first-order valence-electron chi connectivity index (χ1n) is 13.5. The van der Waals surface area contributed by atoms with Crippen molar-refractivity contribution in [1.29, 1.82) is 0 Å². The number of β-amino-alcohol motifs (C(OH)–C–C–N with tert-alkyl or cyclic N) is 1. The molecule has 1 aliphatic heterocycles. The Morgan fingerprint density at radius 2 is 1.94 bits per heavy atom. The number of aryl methyl sites for hydroxylation is 1. The Morgan fingerprint density at radius 3 is 2.69 bits per heavy atom. The van der Waals surface area contributed by atoms with Gasteiger partial charge < -0.3 is 15.1 Å². The van der Waals surface area contributed by atoms with Gasteiger partial charge in [0.2, 0.25) is 5.91 Å². The topological polar surface area (TPSA) is 64.0 Å². The van der Waals surface area contributed by atoms with Crippen LogP contribution in [-0.2, 0) is 16.6 Å². The van der Waals surface area contributed by atoms with Crippen LogP contribution in [0.25, 0.3) is 0 Å². The lowest BCUT2D eigenvalue weighted by Crippen LogP contribution is -2.67. The van der Waals surface area contributed by atoms with Gasteiger partial charge in [0.25, 0.3) is 0 Å². The van der Waals surface area contributed by atoms with Crippen LogP contribution in [0.1, 0.15) is 62.5 Å². The van der Waals surface area contributed by atoms with E-state index in [9.17, 15) is 15.0 Å². The molecule has 0 aromatic heterocycles. The zero-order chi connectivity index (χ0) is 25.6. The minimum atomic E-state index is -0.903. The Labute approximate surface area is 216 Å². The number of phenols is 1. The third-order valence-electron chi connectivity index (χ3n) is 8.63. The van der Waals surface area contributed by atoms with E-state index in [2.05, 4.69) is 35.7 Å². The molecule has 0 spiro atoms. The van der Waals surface area contributed by atoms with E-state index in [4.69, 9.17) is 0 Å². The number of phenolic OH excluding ortho intramolecular Hbond substituents is 1. The predicted octanol–water partition coefficient (Wildman–Crippen LogP) is 5.07. The molecule has 1 saturated heterocycles. The lowest BCUT2D eigenvalue weighted by atomic mass is 9.55. The summed E-state index contributed by atoms with van der Waals surface area (Å²) in [6.07, 6.45) is 9.49. The number of carbonyl (C=O) groups excluding carboxylic acids is 1. The van der Waals surface area contributed by atoms with E-state index in [0.29, 0.717) is 25.8 Å². The van der Waals surface area contributed by atoms with E-state index in [1.165, 1.54) is 5.56 Å². The van der Waals surface area contributed by atoms with Gasteiger partial charge in [0.05, 0.1) is 5.60 Å². The zero-order valence-electron chi connectivity index (χ0n) is 21.7. The van der Waals surface area contributed by atoms with Crippen LogP contribution in [0, 0.1) is 0 Å². The van der Waals surface area contributed by atoms with Gasteiger partial charge >= 0.3 is 0 Å². The number of benzene rings is 2. The summed E-state index contributed by atoms with van der Waals surface area (Å²) in [5.41, 5.74) is 0.943. The summed E-state index contributed by atoms with van der Waals surface area (Å²) in [5.74, 6) is 0.417. The van der Waals surface area contributed by atoms with Crippen molar-refractivity contribution in [3.05, 3.63) is 78.4 Å². The predicted molar refractivity (Wildman–Crippen MR) is 145 cm³/mol. The average molecular weight is 491 g/mol. The van der Waals surface area contributed by atoms with Gasteiger partial charge in [0.1, 0.15) is 5.75 Å². The molecule has 1 heterocycles. The number of nitrogens with zero attached hydrogens (tertiary/aromatic N) is 2. The maximum atomic E-state index is 13.2. The smallest absolute Gasteiger partial charge is 0.222 e. The number of aliphatic hydroxyl groups is 1. The van der Waals surface area contributed by atoms with Crippen LogP contribution < -0.4 is 0 Å². The van der Waals surface area contributed by atoms with Gasteiger partial charge in [-0.05, 0) is 74.8 Å². The number of fused-ring (bicyclic) bond motifs is 1. The largest absolute Gasteiger partial charge is 0.508 e. The van der Waals surface area contributed by atoms with Crippen LogP contribution in [-0.4, -0.2) is 64.2 Å². The van der Waals surface area contributed by atoms with Gasteiger partial charge in [-0.2, -0.15) is 0 Å². The summed E-state index contributed by atoms with van der Waals surface area (Å²) in [6.45, 7) is 6.07. The fourth-order valence-electron chi connectivity index (χ4n) is 6.51. The second kappa shape index (κ2) is 11.6. The van der Waals surface area contributed by atoms with Crippen molar-refractivity contribution in [3.63, 3.8) is 0 Å². The number of hydrogen-bond donors (Lipinski definition) is 2. The quantitative estimate of drug-likeness (QED) is 0.361. The van der Waals surface area contributed by atoms with Crippen molar-refractivity contribution in [1.82, 2.24) is 9.80 Å². The molecule has 4 rings (SSSR count). The Bertz CT molecular complexity index is 1030. The highest BCUT2D eigenvalue weighted by molar-refractivity contribution is 5.76. The molecule has 5 heteroatoms. The number of piperidine rings is 1. The van der Waals surface area contributed by atoms with Crippen molar-refractivity contribution in [2.75, 3.05) is 26.7 Å². The van der Waals surface area contributed by atoms with E-state index in [1.54, 1.807) is 6.07 Å². The van der Waals surface area contributed by atoms with Crippen molar-refractivity contribution < 1.29 is 15.0 Å². The number of carbonyl (C=O) groups is 1. The highest BCUT2D eigenvalue weighted by Crippen LogP contribution is 2.52. The molecular weight excluding hydrogens is 448 g/mol. The van der Waals surface area contributed by atoms with Crippen LogP contribution >= 0.6 is 0 Å². The SMILES string of the molecule is C=CCN1CCC2(c3cccc(O)c3)CC(N(C)C(=O)CCCCCc3ccccc3)CCC2(O)C1. The van der Waals surface area contributed by atoms with Crippen LogP contribution in [0.4, 0.5) is 0 Å². The van der Waals surface area contributed by atoms with Crippen molar-refractivity contribution >= 4 is 5.91 Å². The average Bonchev–Trinajstić information content (AvgIpc) is 2.88. The fraction of sp³-hybridized carbons (Fsp3) is 0.516. The molecule has 2 aromatic rings. The molecule has 1 saturated carbocycles. The van der Waals surface area contributed by atoms with Gasteiger partial charge in [-0.25, -0.2) is 0 Å². The first-order chi connectivity index (χ1) is 17.4.